The van der Waals surface area contributed by atoms with Crippen LogP contribution in [0.3, 0.4) is 0 Å². The molecule has 0 spiro atoms. The first kappa shape index (κ1) is 14.1. The molecule has 0 aromatic heterocycles. The van der Waals surface area contributed by atoms with E-state index in [4.69, 9.17) is 5.11 Å². The maximum Gasteiger partial charge on any atom is 0.303 e. The predicted octanol–water partition coefficient (Wildman–Crippen LogP) is 4.12. The van der Waals surface area contributed by atoms with Gasteiger partial charge in [0.2, 0.25) is 0 Å². The van der Waals surface area contributed by atoms with E-state index >= 15 is 0 Å². The van der Waals surface area contributed by atoms with Gasteiger partial charge >= 0.3 is 5.97 Å². The van der Waals surface area contributed by atoms with Crippen LogP contribution >= 0.6 is 0 Å². The van der Waals surface area contributed by atoms with E-state index in [0.29, 0.717) is 5.92 Å². The van der Waals surface area contributed by atoms with Gasteiger partial charge in [0.05, 0.1) is 6.42 Å². The van der Waals surface area contributed by atoms with E-state index in [1.165, 1.54) is 16.7 Å². The zero-order chi connectivity index (χ0) is 14.2. The van der Waals surface area contributed by atoms with Gasteiger partial charge in [-0.25, -0.2) is 0 Å². The molecular weight excluding hydrogens is 236 g/mol. The second kappa shape index (κ2) is 4.99. The highest BCUT2D eigenvalue weighted by Gasteiger charge is 2.27. The lowest BCUT2D eigenvalue weighted by Gasteiger charge is -2.31. The summed E-state index contributed by atoms with van der Waals surface area (Å²) in [4.78, 5) is 11.1. The minimum Gasteiger partial charge on any atom is -0.481 e. The van der Waals surface area contributed by atoms with Gasteiger partial charge < -0.3 is 5.11 Å². The highest BCUT2D eigenvalue weighted by Crippen LogP contribution is 2.39. The van der Waals surface area contributed by atoms with Crippen molar-refractivity contribution < 1.29 is 9.90 Å². The predicted molar refractivity (Wildman–Crippen MR) is 77.6 cm³/mol. The summed E-state index contributed by atoms with van der Waals surface area (Å²) >= 11 is 0. The number of carboxylic acid groups (broad SMARTS) is 1. The third kappa shape index (κ3) is 3.17. The van der Waals surface area contributed by atoms with Gasteiger partial charge in [-0.05, 0) is 46.8 Å². The molecule has 0 aliphatic heterocycles. The Morgan fingerprint density at radius 3 is 2.63 bits per heavy atom. The van der Waals surface area contributed by atoms with Crippen molar-refractivity contribution >= 4 is 5.97 Å². The first-order valence-corrected chi connectivity index (χ1v) is 7.12. The van der Waals surface area contributed by atoms with E-state index in [1.54, 1.807) is 0 Å². The molecule has 0 saturated heterocycles. The molecule has 104 valence electrons. The van der Waals surface area contributed by atoms with E-state index in [-0.39, 0.29) is 17.8 Å². The summed E-state index contributed by atoms with van der Waals surface area (Å²) in [5.41, 5.74) is 4.04. The van der Waals surface area contributed by atoms with E-state index in [9.17, 15) is 4.79 Å². The lowest BCUT2D eigenvalue weighted by atomic mass is 9.74. The smallest absolute Gasteiger partial charge is 0.303 e. The molecule has 2 nitrogen and oxygen atoms in total. The maximum atomic E-state index is 11.1. The molecule has 1 N–H and O–H groups in total. The van der Waals surface area contributed by atoms with Crippen molar-refractivity contribution in [1.29, 1.82) is 0 Å². The van der Waals surface area contributed by atoms with Crippen molar-refractivity contribution in [2.24, 2.45) is 5.92 Å². The van der Waals surface area contributed by atoms with Crippen molar-refractivity contribution in [3.05, 3.63) is 34.9 Å². The Morgan fingerprint density at radius 2 is 2.05 bits per heavy atom. The van der Waals surface area contributed by atoms with Crippen molar-refractivity contribution in [2.45, 2.75) is 58.3 Å². The monoisotopic (exact) mass is 260 g/mol. The molecule has 19 heavy (non-hydrogen) atoms. The Hall–Kier alpha value is -1.31. The molecule has 2 atom stereocenters. The number of rotatable bonds is 2. The summed E-state index contributed by atoms with van der Waals surface area (Å²) in [6.07, 6.45) is 2.33. The van der Waals surface area contributed by atoms with Gasteiger partial charge in [0.1, 0.15) is 0 Å². The lowest BCUT2D eigenvalue weighted by Crippen LogP contribution is -2.21. The van der Waals surface area contributed by atoms with Gasteiger partial charge in [0, 0.05) is 0 Å². The standard InChI is InChI=1S/C17H24O2/c1-11-7-12-5-6-14(17(2,3)4)10-15(12)13(8-11)9-16(18)19/h5-6,10-11,13H,7-9H2,1-4H3,(H,18,19). The van der Waals surface area contributed by atoms with Crippen molar-refractivity contribution in [3.63, 3.8) is 0 Å². The number of carbonyl (C=O) groups is 1. The number of carboxylic acids is 1. The molecule has 0 fully saturated rings. The minimum atomic E-state index is -0.689. The molecule has 1 aromatic carbocycles. The SMILES string of the molecule is CC1Cc2ccc(C(C)(C)C)cc2C(CC(=O)O)C1. The highest BCUT2D eigenvalue weighted by atomic mass is 16.4. The molecule has 0 saturated carbocycles. The molecule has 2 heteroatoms. The number of aliphatic carboxylic acids is 1. The second-order valence-electron chi connectivity index (χ2n) is 7.00. The van der Waals surface area contributed by atoms with Crippen LogP contribution in [0.1, 0.15) is 63.1 Å². The van der Waals surface area contributed by atoms with Gasteiger partial charge in [0.15, 0.2) is 0 Å². The first-order chi connectivity index (χ1) is 8.77. The van der Waals surface area contributed by atoms with Crippen LogP contribution in [0.15, 0.2) is 18.2 Å². The summed E-state index contributed by atoms with van der Waals surface area (Å²) in [5.74, 6) is 0.0714. The van der Waals surface area contributed by atoms with E-state index in [1.807, 2.05) is 0 Å². The van der Waals surface area contributed by atoms with Crippen molar-refractivity contribution in [3.8, 4) is 0 Å². The van der Waals surface area contributed by atoms with Gasteiger partial charge in [-0.1, -0.05) is 45.9 Å². The van der Waals surface area contributed by atoms with Crippen LogP contribution in [0.2, 0.25) is 0 Å². The number of benzene rings is 1. The minimum absolute atomic E-state index is 0.117. The Morgan fingerprint density at radius 1 is 1.37 bits per heavy atom. The third-order valence-electron chi connectivity index (χ3n) is 4.13. The Kier molecular flexibility index (Phi) is 3.71. The van der Waals surface area contributed by atoms with Crippen LogP contribution in [-0.4, -0.2) is 11.1 Å². The molecule has 0 radical (unpaired) electrons. The van der Waals surface area contributed by atoms with E-state index in [2.05, 4.69) is 45.9 Å². The fourth-order valence-electron chi connectivity index (χ4n) is 3.10. The molecule has 0 amide bonds. The summed E-state index contributed by atoms with van der Waals surface area (Å²) in [6.45, 7) is 8.82. The normalized spacial score (nSPS) is 22.9. The highest BCUT2D eigenvalue weighted by molar-refractivity contribution is 5.68. The average Bonchev–Trinajstić information content (AvgIpc) is 2.26. The van der Waals surface area contributed by atoms with E-state index < -0.39 is 5.97 Å². The van der Waals surface area contributed by atoms with Crippen molar-refractivity contribution in [1.82, 2.24) is 0 Å². The Labute approximate surface area is 115 Å². The average molecular weight is 260 g/mol. The first-order valence-electron chi connectivity index (χ1n) is 7.12. The zero-order valence-corrected chi connectivity index (χ0v) is 12.4. The van der Waals surface area contributed by atoms with Crippen LogP contribution in [0.4, 0.5) is 0 Å². The largest absolute Gasteiger partial charge is 0.481 e. The van der Waals surface area contributed by atoms with E-state index in [0.717, 1.165) is 12.8 Å². The Bertz CT molecular complexity index is 483. The summed E-state index contributed by atoms with van der Waals surface area (Å²) in [5, 5.41) is 9.11. The maximum absolute atomic E-state index is 11.1. The van der Waals surface area contributed by atoms with Crippen LogP contribution in [0.5, 0.6) is 0 Å². The molecule has 1 aromatic rings. The Balaban J connectivity index is 2.41. The van der Waals surface area contributed by atoms with Gasteiger partial charge in [-0.2, -0.15) is 0 Å². The molecular formula is C17H24O2. The summed E-state index contributed by atoms with van der Waals surface area (Å²) in [7, 11) is 0. The number of hydrogen-bond donors (Lipinski definition) is 1. The molecule has 0 bridgehead atoms. The topological polar surface area (TPSA) is 37.3 Å². The summed E-state index contributed by atoms with van der Waals surface area (Å²) in [6, 6.07) is 6.66. The fourth-order valence-corrected chi connectivity index (χ4v) is 3.10. The molecule has 2 unspecified atom stereocenters. The van der Waals surface area contributed by atoms with Gasteiger partial charge in [0.25, 0.3) is 0 Å². The van der Waals surface area contributed by atoms with Crippen molar-refractivity contribution in [2.75, 3.05) is 0 Å². The number of hydrogen-bond acceptors (Lipinski definition) is 1. The fraction of sp³-hybridized carbons (Fsp3) is 0.588. The van der Waals surface area contributed by atoms with Crippen LogP contribution in [-0.2, 0) is 16.6 Å². The quantitative estimate of drug-likeness (QED) is 0.868. The lowest BCUT2D eigenvalue weighted by molar-refractivity contribution is -0.137. The van der Waals surface area contributed by atoms with Crippen LogP contribution in [0.25, 0.3) is 0 Å². The molecule has 0 heterocycles. The summed E-state index contributed by atoms with van der Waals surface area (Å²) < 4.78 is 0. The molecule has 1 aliphatic rings. The number of fused-ring (bicyclic) bond motifs is 1. The molecule has 1 aliphatic carbocycles. The third-order valence-corrected chi connectivity index (χ3v) is 4.13. The second-order valence-corrected chi connectivity index (χ2v) is 7.00. The van der Waals surface area contributed by atoms with Crippen LogP contribution in [0, 0.1) is 5.92 Å². The zero-order valence-electron chi connectivity index (χ0n) is 12.4. The van der Waals surface area contributed by atoms with Gasteiger partial charge in [-0.3, -0.25) is 4.79 Å². The van der Waals surface area contributed by atoms with Gasteiger partial charge in [-0.15, -0.1) is 0 Å². The molecule has 2 rings (SSSR count). The van der Waals surface area contributed by atoms with Crippen LogP contribution < -0.4 is 0 Å².